The highest BCUT2D eigenvalue weighted by Crippen LogP contribution is 2.40. The van der Waals surface area contributed by atoms with Gasteiger partial charge in [0.25, 0.3) is 0 Å². The summed E-state index contributed by atoms with van der Waals surface area (Å²) in [6.45, 7) is 0. The highest BCUT2D eigenvalue weighted by molar-refractivity contribution is 7.71. The first kappa shape index (κ1) is 20.1. The Kier molecular flexibility index (Phi) is 5.93. The van der Waals surface area contributed by atoms with Crippen molar-refractivity contribution in [1.29, 1.82) is 0 Å². The van der Waals surface area contributed by atoms with Crippen LogP contribution in [0.3, 0.4) is 0 Å². The fraction of sp³-hybridized carbons (Fsp3) is 0.158. The fourth-order valence-electron chi connectivity index (χ4n) is 2.63. The minimum atomic E-state index is -0.991. The number of rotatable bonds is 7. The van der Waals surface area contributed by atoms with Gasteiger partial charge in [-0.3, -0.25) is 0 Å². The first-order valence-electron chi connectivity index (χ1n) is 8.34. The molecule has 0 saturated heterocycles. The summed E-state index contributed by atoms with van der Waals surface area (Å²) < 4.78 is 17.8. The maximum Gasteiger partial charge on any atom is 0.335 e. The van der Waals surface area contributed by atoms with Gasteiger partial charge in [0, 0.05) is 5.56 Å². The van der Waals surface area contributed by atoms with Gasteiger partial charge in [-0.1, -0.05) is 12.1 Å². The largest absolute Gasteiger partial charge is 0.493 e. The topological polar surface area (TPSA) is 111 Å². The fourth-order valence-corrected chi connectivity index (χ4v) is 2.81. The smallest absolute Gasteiger partial charge is 0.335 e. The SMILES string of the molecule is COc1cc(-c2n[nH]c(=S)n2/N=C/c2ccc(C(=O)O)cc2)cc(OC)c1OC. The van der Waals surface area contributed by atoms with Crippen molar-refractivity contribution >= 4 is 24.4 Å². The van der Waals surface area contributed by atoms with E-state index >= 15 is 0 Å². The van der Waals surface area contributed by atoms with E-state index in [0.29, 0.717) is 34.2 Å². The molecule has 0 spiro atoms. The highest BCUT2D eigenvalue weighted by atomic mass is 32.1. The van der Waals surface area contributed by atoms with Crippen LogP contribution in [0.5, 0.6) is 17.2 Å². The van der Waals surface area contributed by atoms with E-state index in [1.165, 1.54) is 38.1 Å². The number of H-pyrrole nitrogens is 1. The lowest BCUT2D eigenvalue weighted by Crippen LogP contribution is -1.99. The maximum absolute atomic E-state index is 11.0. The minimum absolute atomic E-state index is 0.195. The molecule has 0 aliphatic heterocycles. The third-order valence-electron chi connectivity index (χ3n) is 4.05. The van der Waals surface area contributed by atoms with Crippen molar-refractivity contribution in [3.8, 4) is 28.6 Å². The number of carboxylic acid groups (broad SMARTS) is 1. The van der Waals surface area contributed by atoms with Gasteiger partial charge in [-0.2, -0.15) is 14.9 Å². The number of hydrogen-bond donors (Lipinski definition) is 2. The molecular weight excluding hydrogens is 396 g/mol. The van der Waals surface area contributed by atoms with Crippen LogP contribution in [-0.4, -0.2) is 53.5 Å². The van der Waals surface area contributed by atoms with Gasteiger partial charge < -0.3 is 19.3 Å². The monoisotopic (exact) mass is 414 g/mol. The number of methoxy groups -OCH3 is 3. The predicted molar refractivity (Wildman–Crippen MR) is 109 cm³/mol. The summed E-state index contributed by atoms with van der Waals surface area (Å²) in [5.74, 6) is 0.843. The first-order chi connectivity index (χ1) is 14.0. The van der Waals surface area contributed by atoms with E-state index in [1.54, 1.807) is 30.5 Å². The van der Waals surface area contributed by atoms with E-state index < -0.39 is 5.97 Å². The van der Waals surface area contributed by atoms with Gasteiger partial charge in [0.05, 0.1) is 33.1 Å². The van der Waals surface area contributed by atoms with E-state index in [1.807, 2.05) is 0 Å². The molecule has 0 amide bonds. The van der Waals surface area contributed by atoms with Gasteiger partial charge in [-0.15, -0.1) is 0 Å². The quantitative estimate of drug-likeness (QED) is 0.451. The molecule has 0 saturated carbocycles. The van der Waals surface area contributed by atoms with Crippen molar-refractivity contribution in [2.45, 2.75) is 0 Å². The maximum atomic E-state index is 11.0. The molecule has 1 heterocycles. The molecule has 2 N–H and O–H groups in total. The van der Waals surface area contributed by atoms with E-state index in [-0.39, 0.29) is 10.3 Å². The molecule has 0 atom stereocenters. The van der Waals surface area contributed by atoms with Crippen molar-refractivity contribution < 1.29 is 24.1 Å². The van der Waals surface area contributed by atoms with Crippen LogP contribution in [0, 0.1) is 4.77 Å². The molecule has 3 aromatic rings. The third-order valence-corrected chi connectivity index (χ3v) is 4.32. The number of carbonyl (C=O) groups is 1. The van der Waals surface area contributed by atoms with Crippen molar-refractivity contribution in [1.82, 2.24) is 14.9 Å². The number of nitrogens with one attached hydrogen (secondary N) is 1. The Balaban J connectivity index is 2.02. The molecule has 0 aliphatic carbocycles. The predicted octanol–water partition coefficient (Wildman–Crippen LogP) is 3.21. The molecule has 10 heteroatoms. The molecule has 0 bridgehead atoms. The number of carboxylic acids is 1. The Bertz CT molecular complexity index is 1090. The lowest BCUT2D eigenvalue weighted by molar-refractivity contribution is 0.0697. The Morgan fingerprint density at radius 1 is 1.14 bits per heavy atom. The van der Waals surface area contributed by atoms with Crippen LogP contribution in [0.1, 0.15) is 15.9 Å². The summed E-state index contributed by atoms with van der Waals surface area (Å²) in [7, 11) is 4.57. The molecule has 2 aromatic carbocycles. The van der Waals surface area contributed by atoms with Gasteiger partial charge in [0.2, 0.25) is 10.5 Å². The first-order valence-corrected chi connectivity index (χ1v) is 8.74. The van der Waals surface area contributed by atoms with Crippen LogP contribution in [0.15, 0.2) is 41.5 Å². The molecule has 150 valence electrons. The van der Waals surface area contributed by atoms with Crippen molar-refractivity contribution in [2.75, 3.05) is 21.3 Å². The number of aromatic carboxylic acids is 1. The Hall–Kier alpha value is -3.66. The zero-order chi connectivity index (χ0) is 21.0. The van der Waals surface area contributed by atoms with Crippen LogP contribution >= 0.6 is 12.2 Å². The summed E-state index contributed by atoms with van der Waals surface area (Å²) in [5, 5.41) is 20.3. The van der Waals surface area contributed by atoms with E-state index in [9.17, 15) is 4.79 Å². The van der Waals surface area contributed by atoms with Gasteiger partial charge in [0.15, 0.2) is 17.3 Å². The summed E-state index contributed by atoms with van der Waals surface area (Å²) in [5.41, 5.74) is 1.54. The average molecular weight is 414 g/mol. The normalized spacial score (nSPS) is 10.9. The van der Waals surface area contributed by atoms with Crippen molar-refractivity contribution in [2.24, 2.45) is 5.10 Å². The molecule has 9 nitrogen and oxygen atoms in total. The Morgan fingerprint density at radius 3 is 2.28 bits per heavy atom. The standard InChI is InChI=1S/C19H18N4O5S/c1-26-14-8-13(9-15(27-2)16(14)28-3)17-21-22-19(29)23(17)20-10-11-4-6-12(7-5-11)18(24)25/h4-10H,1-3H3,(H,22,29)(H,24,25)/b20-10+. The number of hydrogen-bond acceptors (Lipinski definition) is 7. The van der Waals surface area contributed by atoms with Gasteiger partial charge in [-0.05, 0) is 42.0 Å². The molecule has 0 fully saturated rings. The number of aromatic amines is 1. The van der Waals surface area contributed by atoms with Gasteiger partial charge in [-0.25, -0.2) is 9.89 Å². The number of aromatic nitrogens is 3. The second-order valence-corrected chi connectivity index (χ2v) is 6.14. The lowest BCUT2D eigenvalue weighted by Gasteiger charge is -2.13. The molecule has 3 rings (SSSR count). The van der Waals surface area contributed by atoms with Crippen LogP contribution in [0.4, 0.5) is 0 Å². The van der Waals surface area contributed by atoms with Crippen molar-refractivity contribution in [3.05, 3.63) is 52.3 Å². The summed E-state index contributed by atoms with van der Waals surface area (Å²) in [4.78, 5) is 11.0. The molecule has 0 unspecified atom stereocenters. The second-order valence-electron chi connectivity index (χ2n) is 5.75. The number of nitrogens with zero attached hydrogens (tertiary/aromatic N) is 3. The summed E-state index contributed by atoms with van der Waals surface area (Å²) >= 11 is 5.28. The van der Waals surface area contributed by atoms with Gasteiger partial charge in [0.1, 0.15) is 0 Å². The zero-order valence-corrected chi connectivity index (χ0v) is 16.7. The number of ether oxygens (including phenoxy) is 3. The number of benzene rings is 2. The van der Waals surface area contributed by atoms with Crippen LogP contribution < -0.4 is 14.2 Å². The summed E-state index contributed by atoms with van der Waals surface area (Å²) in [6.07, 6.45) is 1.55. The van der Waals surface area contributed by atoms with Crippen molar-refractivity contribution in [3.63, 3.8) is 0 Å². The molecule has 0 radical (unpaired) electrons. The van der Waals surface area contributed by atoms with E-state index in [4.69, 9.17) is 31.5 Å². The Labute approximate surface area is 171 Å². The van der Waals surface area contributed by atoms with Crippen LogP contribution in [0.25, 0.3) is 11.4 Å². The third kappa shape index (κ3) is 4.11. The molecule has 1 aromatic heterocycles. The molecule has 0 aliphatic rings. The van der Waals surface area contributed by atoms with E-state index in [0.717, 1.165) is 0 Å². The minimum Gasteiger partial charge on any atom is -0.493 e. The lowest BCUT2D eigenvalue weighted by atomic mass is 10.1. The molecular formula is C19H18N4O5S. The van der Waals surface area contributed by atoms with Gasteiger partial charge >= 0.3 is 5.97 Å². The average Bonchev–Trinajstić information content (AvgIpc) is 3.11. The second kappa shape index (κ2) is 8.57. The van der Waals surface area contributed by atoms with Crippen LogP contribution in [0.2, 0.25) is 0 Å². The Morgan fingerprint density at radius 2 is 1.76 bits per heavy atom. The molecule has 29 heavy (non-hydrogen) atoms. The summed E-state index contributed by atoms with van der Waals surface area (Å²) in [6, 6.07) is 9.77. The zero-order valence-electron chi connectivity index (χ0n) is 15.9. The van der Waals surface area contributed by atoms with Crippen LogP contribution in [-0.2, 0) is 0 Å². The highest BCUT2D eigenvalue weighted by Gasteiger charge is 2.17. The van der Waals surface area contributed by atoms with E-state index in [2.05, 4.69) is 15.3 Å².